The van der Waals surface area contributed by atoms with E-state index < -0.39 is 0 Å². The Balaban J connectivity index is 2.82. The summed E-state index contributed by atoms with van der Waals surface area (Å²) in [5.41, 5.74) is 0.922. The first kappa shape index (κ1) is 8.97. The number of rotatable bonds is 3. The quantitative estimate of drug-likeness (QED) is 0.687. The van der Waals surface area contributed by atoms with Crippen molar-refractivity contribution >= 4 is 0 Å². The molecule has 0 aliphatic carbocycles. The molecule has 12 heavy (non-hydrogen) atoms. The summed E-state index contributed by atoms with van der Waals surface area (Å²) < 4.78 is 5.46. The van der Waals surface area contributed by atoms with Gasteiger partial charge in [0.25, 0.3) is 0 Å². The Labute approximate surface area is 72.8 Å². The number of hydrogen-bond donors (Lipinski definition) is 0. The molecular formula is C9H14N2O. The van der Waals surface area contributed by atoms with Crippen molar-refractivity contribution in [1.29, 1.82) is 0 Å². The lowest BCUT2D eigenvalue weighted by molar-refractivity contribution is 0.228. The highest BCUT2D eigenvalue weighted by Crippen LogP contribution is 2.12. The Kier molecular flexibility index (Phi) is 3.02. The smallest absolute Gasteiger partial charge is 0.235 e. The fourth-order valence-corrected chi connectivity index (χ4v) is 0.918. The van der Waals surface area contributed by atoms with E-state index in [9.17, 15) is 0 Å². The maximum absolute atomic E-state index is 5.46. The maximum Gasteiger partial charge on any atom is 0.235 e. The Bertz CT molecular complexity index is 248. The van der Waals surface area contributed by atoms with E-state index in [-0.39, 0.29) is 6.10 Å². The summed E-state index contributed by atoms with van der Waals surface area (Å²) in [6, 6.07) is 0. The summed E-state index contributed by atoms with van der Waals surface area (Å²) in [4.78, 5) is 8.27. The Morgan fingerprint density at radius 3 is 2.58 bits per heavy atom. The van der Waals surface area contributed by atoms with E-state index in [4.69, 9.17) is 4.74 Å². The zero-order chi connectivity index (χ0) is 8.97. The fraction of sp³-hybridized carbons (Fsp3) is 0.556. The second-order valence-corrected chi connectivity index (χ2v) is 2.83. The number of hydrogen-bond acceptors (Lipinski definition) is 3. The van der Waals surface area contributed by atoms with Crippen molar-refractivity contribution in [2.75, 3.05) is 0 Å². The largest absolute Gasteiger partial charge is 0.474 e. The zero-order valence-corrected chi connectivity index (χ0v) is 7.74. The van der Waals surface area contributed by atoms with Crippen molar-refractivity contribution in [2.24, 2.45) is 0 Å². The molecule has 0 atom stereocenters. The van der Waals surface area contributed by atoms with Gasteiger partial charge in [0.2, 0.25) is 5.88 Å². The van der Waals surface area contributed by atoms with Crippen LogP contribution in [0.15, 0.2) is 12.4 Å². The third-order valence-corrected chi connectivity index (χ3v) is 1.42. The van der Waals surface area contributed by atoms with Crippen LogP contribution in [0.4, 0.5) is 0 Å². The molecule has 1 rings (SSSR count). The van der Waals surface area contributed by atoms with Crippen molar-refractivity contribution in [2.45, 2.75) is 33.3 Å². The van der Waals surface area contributed by atoms with E-state index in [0.717, 1.165) is 12.1 Å². The van der Waals surface area contributed by atoms with Gasteiger partial charge >= 0.3 is 0 Å². The Hall–Kier alpha value is -1.12. The van der Waals surface area contributed by atoms with Crippen LogP contribution < -0.4 is 4.74 Å². The molecule has 1 heterocycles. The second-order valence-electron chi connectivity index (χ2n) is 2.83. The molecule has 0 aliphatic heterocycles. The van der Waals surface area contributed by atoms with Gasteiger partial charge in [-0.05, 0) is 20.3 Å². The van der Waals surface area contributed by atoms with Crippen LogP contribution in [-0.2, 0) is 6.42 Å². The van der Waals surface area contributed by atoms with Gasteiger partial charge in [-0.2, -0.15) is 0 Å². The molecule has 0 fully saturated rings. The molecule has 0 radical (unpaired) electrons. The van der Waals surface area contributed by atoms with Gasteiger partial charge in [0.15, 0.2) is 0 Å². The zero-order valence-electron chi connectivity index (χ0n) is 7.74. The van der Waals surface area contributed by atoms with E-state index in [1.165, 1.54) is 0 Å². The minimum Gasteiger partial charge on any atom is -0.474 e. The first-order chi connectivity index (χ1) is 5.74. The molecule has 1 aromatic heterocycles. The van der Waals surface area contributed by atoms with Gasteiger partial charge < -0.3 is 4.74 Å². The summed E-state index contributed by atoms with van der Waals surface area (Å²) >= 11 is 0. The molecule has 66 valence electrons. The molecule has 0 aliphatic rings. The van der Waals surface area contributed by atoms with Crippen LogP contribution in [0.5, 0.6) is 5.88 Å². The summed E-state index contributed by atoms with van der Waals surface area (Å²) in [7, 11) is 0. The maximum atomic E-state index is 5.46. The molecule has 0 aromatic carbocycles. The lowest BCUT2D eigenvalue weighted by Gasteiger charge is -2.10. The van der Waals surface area contributed by atoms with E-state index in [2.05, 4.69) is 9.97 Å². The monoisotopic (exact) mass is 166 g/mol. The minimum atomic E-state index is 0.159. The molecule has 3 nitrogen and oxygen atoms in total. The molecule has 3 heteroatoms. The third kappa shape index (κ3) is 2.19. The van der Waals surface area contributed by atoms with E-state index in [1.54, 1.807) is 12.4 Å². The summed E-state index contributed by atoms with van der Waals surface area (Å²) in [5, 5.41) is 0. The van der Waals surface area contributed by atoms with Crippen LogP contribution in [0.25, 0.3) is 0 Å². The molecule has 0 N–H and O–H groups in total. The van der Waals surface area contributed by atoms with Crippen molar-refractivity contribution in [3.05, 3.63) is 18.1 Å². The van der Waals surface area contributed by atoms with Crippen molar-refractivity contribution in [1.82, 2.24) is 9.97 Å². The van der Waals surface area contributed by atoms with Gasteiger partial charge in [-0.3, -0.25) is 4.98 Å². The number of aryl methyl sites for hydroxylation is 1. The van der Waals surface area contributed by atoms with Crippen LogP contribution in [0.2, 0.25) is 0 Å². The van der Waals surface area contributed by atoms with E-state index in [1.807, 2.05) is 20.8 Å². The molecule has 1 aromatic rings. The van der Waals surface area contributed by atoms with Gasteiger partial charge in [0.1, 0.15) is 5.69 Å². The van der Waals surface area contributed by atoms with Gasteiger partial charge in [-0.1, -0.05) is 6.92 Å². The molecule has 0 amide bonds. The molecule has 0 saturated heterocycles. The molecule has 0 spiro atoms. The summed E-state index contributed by atoms with van der Waals surface area (Å²) in [6.07, 6.45) is 4.35. The second kappa shape index (κ2) is 4.04. The van der Waals surface area contributed by atoms with Crippen LogP contribution >= 0.6 is 0 Å². The summed E-state index contributed by atoms with van der Waals surface area (Å²) in [5.74, 6) is 0.662. The van der Waals surface area contributed by atoms with Crippen LogP contribution in [0.3, 0.4) is 0 Å². The molecule has 0 bridgehead atoms. The SMILES string of the molecule is CCc1nccnc1OC(C)C. The van der Waals surface area contributed by atoms with Gasteiger partial charge in [-0.15, -0.1) is 0 Å². The molecule has 0 saturated carbocycles. The summed E-state index contributed by atoms with van der Waals surface area (Å²) in [6.45, 7) is 6.00. The van der Waals surface area contributed by atoms with Gasteiger partial charge in [0, 0.05) is 12.4 Å². The Morgan fingerprint density at radius 2 is 2.00 bits per heavy atom. The van der Waals surface area contributed by atoms with Crippen LogP contribution in [-0.4, -0.2) is 16.1 Å². The van der Waals surface area contributed by atoms with Crippen molar-refractivity contribution in [3.8, 4) is 5.88 Å². The number of nitrogens with zero attached hydrogens (tertiary/aromatic N) is 2. The predicted octanol–water partition coefficient (Wildman–Crippen LogP) is 1.83. The molecular weight excluding hydrogens is 152 g/mol. The lowest BCUT2D eigenvalue weighted by Crippen LogP contribution is -2.09. The van der Waals surface area contributed by atoms with Gasteiger partial charge in [-0.25, -0.2) is 4.98 Å². The van der Waals surface area contributed by atoms with E-state index in [0.29, 0.717) is 5.88 Å². The first-order valence-corrected chi connectivity index (χ1v) is 4.20. The van der Waals surface area contributed by atoms with E-state index >= 15 is 0 Å². The van der Waals surface area contributed by atoms with Crippen molar-refractivity contribution < 1.29 is 4.74 Å². The minimum absolute atomic E-state index is 0.159. The fourth-order valence-electron chi connectivity index (χ4n) is 0.918. The first-order valence-electron chi connectivity index (χ1n) is 4.20. The highest BCUT2D eigenvalue weighted by atomic mass is 16.5. The average molecular weight is 166 g/mol. The van der Waals surface area contributed by atoms with Crippen LogP contribution in [0.1, 0.15) is 26.5 Å². The average Bonchev–Trinajstić information content (AvgIpc) is 2.04. The predicted molar refractivity (Wildman–Crippen MR) is 47.2 cm³/mol. The highest BCUT2D eigenvalue weighted by molar-refractivity contribution is 5.16. The highest BCUT2D eigenvalue weighted by Gasteiger charge is 2.04. The van der Waals surface area contributed by atoms with Gasteiger partial charge in [0.05, 0.1) is 6.10 Å². The number of ether oxygens (including phenoxy) is 1. The lowest BCUT2D eigenvalue weighted by atomic mass is 10.3. The van der Waals surface area contributed by atoms with Crippen LogP contribution in [0, 0.1) is 0 Å². The third-order valence-electron chi connectivity index (χ3n) is 1.42. The molecule has 0 unspecified atom stereocenters. The standard InChI is InChI=1S/C9H14N2O/c1-4-8-9(12-7(2)3)11-6-5-10-8/h5-7H,4H2,1-3H3. The van der Waals surface area contributed by atoms with Crippen molar-refractivity contribution in [3.63, 3.8) is 0 Å². The topological polar surface area (TPSA) is 35.0 Å². The Morgan fingerprint density at radius 1 is 1.33 bits per heavy atom. The normalized spacial score (nSPS) is 10.3. The number of aromatic nitrogens is 2.